The summed E-state index contributed by atoms with van der Waals surface area (Å²) in [5.41, 5.74) is 1.84. The van der Waals surface area contributed by atoms with Crippen LogP contribution in [0.1, 0.15) is 19.3 Å². The quantitative estimate of drug-likeness (QED) is 0.751. The van der Waals surface area contributed by atoms with E-state index in [1.54, 1.807) is 0 Å². The minimum absolute atomic E-state index is 0.0267. The Kier molecular flexibility index (Phi) is 2.28. The third-order valence-corrected chi connectivity index (χ3v) is 3.64. The Hall–Kier alpha value is -1.22. The second kappa shape index (κ2) is 3.67. The molecule has 0 spiro atoms. The highest BCUT2D eigenvalue weighted by atomic mass is 35.5. The van der Waals surface area contributed by atoms with Gasteiger partial charge in [-0.3, -0.25) is 4.79 Å². The molecule has 3 nitrogen and oxygen atoms in total. The number of anilines is 2. The summed E-state index contributed by atoms with van der Waals surface area (Å²) in [6.07, 6.45) is 3.18. The molecule has 1 aromatic rings. The van der Waals surface area contributed by atoms with Gasteiger partial charge in [-0.2, -0.15) is 0 Å². The number of nitrogens with one attached hydrogen (secondary N) is 1. The summed E-state index contributed by atoms with van der Waals surface area (Å²) in [6, 6.07) is 5.63. The van der Waals surface area contributed by atoms with E-state index in [4.69, 9.17) is 11.6 Å². The van der Waals surface area contributed by atoms with Crippen LogP contribution in [0, 0.1) is 0 Å². The molecule has 84 valence electrons. The number of carbonyl (C=O) groups excluding carboxylic acids is 1. The first kappa shape index (κ1) is 9.97. The molecule has 2 heterocycles. The van der Waals surface area contributed by atoms with Crippen molar-refractivity contribution < 1.29 is 4.79 Å². The molecule has 1 atom stereocenters. The van der Waals surface area contributed by atoms with Gasteiger partial charge in [-0.25, -0.2) is 0 Å². The molecule has 2 aliphatic heterocycles. The van der Waals surface area contributed by atoms with Crippen LogP contribution in [0.4, 0.5) is 11.4 Å². The molecule has 0 bridgehead atoms. The molecule has 1 amide bonds. The van der Waals surface area contributed by atoms with Crippen molar-refractivity contribution in [2.75, 3.05) is 16.8 Å². The zero-order chi connectivity index (χ0) is 11.1. The van der Waals surface area contributed by atoms with E-state index in [2.05, 4.69) is 10.2 Å². The highest BCUT2D eigenvalue weighted by Gasteiger charge is 2.35. The first-order valence-corrected chi connectivity index (χ1v) is 6.01. The summed E-state index contributed by atoms with van der Waals surface area (Å²) in [6.45, 7) is 0.925. The van der Waals surface area contributed by atoms with Crippen molar-refractivity contribution >= 4 is 28.9 Å². The van der Waals surface area contributed by atoms with Crippen molar-refractivity contribution in [1.82, 2.24) is 0 Å². The lowest BCUT2D eigenvalue weighted by molar-refractivity contribution is -0.118. The molecule has 0 aromatic heterocycles. The summed E-state index contributed by atoms with van der Waals surface area (Å²) < 4.78 is 0. The topological polar surface area (TPSA) is 32.3 Å². The number of rotatable bonds is 0. The van der Waals surface area contributed by atoms with E-state index in [1.807, 2.05) is 18.2 Å². The molecule has 16 heavy (non-hydrogen) atoms. The lowest BCUT2D eigenvalue weighted by Gasteiger charge is -2.41. The Morgan fingerprint density at radius 3 is 3.12 bits per heavy atom. The van der Waals surface area contributed by atoms with Crippen LogP contribution in [0.2, 0.25) is 5.02 Å². The zero-order valence-electron chi connectivity index (χ0n) is 8.87. The van der Waals surface area contributed by atoms with E-state index in [9.17, 15) is 4.79 Å². The van der Waals surface area contributed by atoms with Gasteiger partial charge < -0.3 is 10.2 Å². The van der Waals surface area contributed by atoms with E-state index in [-0.39, 0.29) is 11.9 Å². The SMILES string of the molecule is O=C1Nc2cccc(Cl)c2N2CCCC[C@@H]12. The second-order valence-electron chi connectivity index (χ2n) is 4.33. The van der Waals surface area contributed by atoms with E-state index >= 15 is 0 Å². The number of nitrogens with zero attached hydrogens (tertiary/aromatic N) is 1. The molecule has 0 radical (unpaired) electrons. The number of carbonyl (C=O) groups is 1. The van der Waals surface area contributed by atoms with Crippen molar-refractivity contribution in [3.63, 3.8) is 0 Å². The van der Waals surface area contributed by atoms with Crippen LogP contribution in [-0.4, -0.2) is 18.5 Å². The number of hydrogen-bond acceptors (Lipinski definition) is 2. The Balaban J connectivity index is 2.11. The standard InChI is InChI=1S/C12H13ClN2O/c13-8-4-3-5-9-11(8)15-7-2-1-6-10(15)12(16)14-9/h3-5,10H,1-2,6-7H2,(H,14,16)/t10-/m0/s1. The van der Waals surface area contributed by atoms with Crippen molar-refractivity contribution in [3.8, 4) is 0 Å². The van der Waals surface area contributed by atoms with Gasteiger partial charge in [-0.15, -0.1) is 0 Å². The van der Waals surface area contributed by atoms with Gasteiger partial charge in [-0.05, 0) is 31.4 Å². The van der Waals surface area contributed by atoms with Crippen LogP contribution < -0.4 is 10.2 Å². The minimum Gasteiger partial charge on any atom is -0.357 e. The Morgan fingerprint density at radius 1 is 1.38 bits per heavy atom. The summed E-state index contributed by atoms with van der Waals surface area (Å²) in [5, 5.41) is 3.66. The molecule has 3 rings (SSSR count). The second-order valence-corrected chi connectivity index (χ2v) is 4.74. The monoisotopic (exact) mass is 236 g/mol. The normalized spacial score (nSPS) is 23.4. The molecule has 1 aromatic carbocycles. The van der Waals surface area contributed by atoms with Crippen molar-refractivity contribution in [1.29, 1.82) is 0 Å². The number of amides is 1. The van der Waals surface area contributed by atoms with Crippen LogP contribution in [0.3, 0.4) is 0 Å². The fourth-order valence-electron chi connectivity index (χ4n) is 2.60. The highest BCUT2D eigenvalue weighted by Crippen LogP contribution is 2.40. The summed E-state index contributed by atoms with van der Waals surface area (Å²) >= 11 is 6.22. The lowest BCUT2D eigenvalue weighted by atomic mass is 9.97. The van der Waals surface area contributed by atoms with E-state index in [0.717, 1.165) is 42.2 Å². The van der Waals surface area contributed by atoms with Crippen LogP contribution in [-0.2, 0) is 4.79 Å². The maximum atomic E-state index is 11.9. The predicted octanol–water partition coefficient (Wildman–Crippen LogP) is 2.65. The number of piperidine rings is 1. The number of hydrogen-bond donors (Lipinski definition) is 1. The van der Waals surface area contributed by atoms with Crippen molar-refractivity contribution in [2.24, 2.45) is 0 Å². The van der Waals surface area contributed by atoms with Gasteiger partial charge in [0, 0.05) is 6.54 Å². The lowest BCUT2D eigenvalue weighted by Crippen LogP contribution is -2.50. The first-order chi connectivity index (χ1) is 7.77. The third-order valence-electron chi connectivity index (χ3n) is 3.34. The van der Waals surface area contributed by atoms with E-state index in [1.165, 1.54) is 0 Å². The fourth-order valence-corrected chi connectivity index (χ4v) is 2.88. The number of para-hydroxylation sites is 1. The highest BCUT2D eigenvalue weighted by molar-refractivity contribution is 6.34. The fraction of sp³-hybridized carbons (Fsp3) is 0.417. The largest absolute Gasteiger partial charge is 0.357 e. The van der Waals surface area contributed by atoms with Gasteiger partial charge in [0.2, 0.25) is 5.91 Å². The van der Waals surface area contributed by atoms with Gasteiger partial charge in [0.25, 0.3) is 0 Å². The van der Waals surface area contributed by atoms with Crippen LogP contribution >= 0.6 is 11.6 Å². The van der Waals surface area contributed by atoms with Gasteiger partial charge in [0.15, 0.2) is 0 Å². The smallest absolute Gasteiger partial charge is 0.247 e. The molecule has 0 aliphatic carbocycles. The molecular weight excluding hydrogens is 224 g/mol. The van der Waals surface area contributed by atoms with Crippen molar-refractivity contribution in [2.45, 2.75) is 25.3 Å². The van der Waals surface area contributed by atoms with Crippen LogP contribution in [0.15, 0.2) is 18.2 Å². The Bertz CT molecular complexity index is 447. The summed E-state index contributed by atoms with van der Waals surface area (Å²) in [4.78, 5) is 14.1. The average molecular weight is 237 g/mol. The number of benzene rings is 1. The van der Waals surface area contributed by atoms with Crippen LogP contribution in [0.25, 0.3) is 0 Å². The van der Waals surface area contributed by atoms with Gasteiger partial charge in [0.05, 0.1) is 16.4 Å². The number of fused-ring (bicyclic) bond motifs is 3. The molecule has 4 heteroatoms. The maximum absolute atomic E-state index is 11.9. The zero-order valence-corrected chi connectivity index (χ0v) is 9.63. The first-order valence-electron chi connectivity index (χ1n) is 5.63. The minimum atomic E-state index is -0.0267. The number of halogens is 1. The third kappa shape index (κ3) is 1.39. The average Bonchev–Trinajstić information content (AvgIpc) is 2.29. The molecule has 1 N–H and O–H groups in total. The van der Waals surface area contributed by atoms with Crippen molar-refractivity contribution in [3.05, 3.63) is 23.2 Å². The Labute approximate surface area is 99.4 Å². The molecular formula is C12H13ClN2O. The van der Waals surface area contributed by atoms with Crippen LogP contribution in [0.5, 0.6) is 0 Å². The Morgan fingerprint density at radius 2 is 2.25 bits per heavy atom. The van der Waals surface area contributed by atoms with Gasteiger partial charge in [0.1, 0.15) is 6.04 Å². The molecule has 2 aliphatic rings. The van der Waals surface area contributed by atoms with Gasteiger partial charge >= 0.3 is 0 Å². The molecule has 1 saturated heterocycles. The predicted molar refractivity (Wildman–Crippen MR) is 65.1 cm³/mol. The molecule has 0 saturated carbocycles. The van der Waals surface area contributed by atoms with Gasteiger partial charge in [-0.1, -0.05) is 17.7 Å². The van der Waals surface area contributed by atoms with E-state index in [0.29, 0.717) is 0 Å². The summed E-state index contributed by atoms with van der Waals surface area (Å²) in [7, 11) is 0. The molecule has 0 unspecified atom stereocenters. The molecule has 1 fully saturated rings. The maximum Gasteiger partial charge on any atom is 0.247 e. The van der Waals surface area contributed by atoms with E-state index < -0.39 is 0 Å². The summed E-state index contributed by atoms with van der Waals surface area (Å²) in [5.74, 6) is 0.106.